The zero-order valence-electron chi connectivity index (χ0n) is 7.73. The molecule has 0 fully saturated rings. The molecule has 0 aliphatic heterocycles. The van der Waals surface area contributed by atoms with Crippen LogP contribution in [0.15, 0.2) is 36.5 Å². The quantitative estimate of drug-likeness (QED) is 0.714. The number of methoxy groups -OCH3 is 1. The van der Waals surface area contributed by atoms with Gasteiger partial charge in [0, 0.05) is 12.3 Å². The van der Waals surface area contributed by atoms with Gasteiger partial charge in [0.15, 0.2) is 0 Å². The summed E-state index contributed by atoms with van der Waals surface area (Å²) in [7, 11) is 1.56. The van der Waals surface area contributed by atoms with Gasteiger partial charge in [-0.1, -0.05) is 12.1 Å². The maximum Gasteiger partial charge on any atom is 0.329 e. The molecule has 0 bridgehead atoms. The Morgan fingerprint density at radius 2 is 2.21 bits per heavy atom. The standard InChI is InChI=1S/C10H11NO3/c1-14-9-5-3-2-4-8(9)11-7-6-10(12)13/h2-7,11H,1H3,(H,12,13). The molecule has 0 aliphatic rings. The lowest BCUT2D eigenvalue weighted by Gasteiger charge is -2.06. The predicted molar refractivity (Wildman–Crippen MR) is 53.4 cm³/mol. The molecule has 0 unspecified atom stereocenters. The van der Waals surface area contributed by atoms with E-state index >= 15 is 0 Å². The van der Waals surface area contributed by atoms with Crippen molar-refractivity contribution in [3.8, 4) is 5.75 Å². The van der Waals surface area contributed by atoms with Gasteiger partial charge in [-0.25, -0.2) is 4.79 Å². The Bertz CT molecular complexity index is 347. The van der Waals surface area contributed by atoms with Gasteiger partial charge in [-0.2, -0.15) is 0 Å². The van der Waals surface area contributed by atoms with Crippen molar-refractivity contribution in [1.29, 1.82) is 0 Å². The highest BCUT2D eigenvalue weighted by atomic mass is 16.5. The first-order valence-corrected chi connectivity index (χ1v) is 4.03. The average molecular weight is 193 g/mol. The van der Waals surface area contributed by atoms with Crippen LogP contribution in [0.2, 0.25) is 0 Å². The highest BCUT2D eigenvalue weighted by molar-refractivity contribution is 5.80. The molecule has 0 heterocycles. The number of hydrogen-bond donors (Lipinski definition) is 2. The summed E-state index contributed by atoms with van der Waals surface area (Å²) in [5.41, 5.74) is 0.729. The molecule has 4 heteroatoms. The van der Waals surface area contributed by atoms with Crippen LogP contribution in [0.1, 0.15) is 0 Å². The number of aliphatic carboxylic acids is 1. The number of anilines is 1. The molecule has 0 aromatic heterocycles. The molecule has 74 valence electrons. The molecule has 1 rings (SSSR count). The number of nitrogens with one attached hydrogen (secondary N) is 1. The summed E-state index contributed by atoms with van der Waals surface area (Å²) in [6, 6.07) is 7.26. The SMILES string of the molecule is COc1ccccc1NC=CC(=O)O. The summed E-state index contributed by atoms with van der Waals surface area (Å²) in [6.07, 6.45) is 2.37. The average Bonchev–Trinajstić information content (AvgIpc) is 2.18. The van der Waals surface area contributed by atoms with Crippen LogP contribution in [0.3, 0.4) is 0 Å². The number of hydrogen-bond acceptors (Lipinski definition) is 3. The zero-order chi connectivity index (χ0) is 10.4. The van der Waals surface area contributed by atoms with Crippen LogP contribution < -0.4 is 10.1 Å². The van der Waals surface area contributed by atoms with Crippen LogP contribution in [0, 0.1) is 0 Å². The lowest BCUT2D eigenvalue weighted by atomic mass is 10.3. The Labute approximate surface area is 81.8 Å². The largest absolute Gasteiger partial charge is 0.495 e. The van der Waals surface area contributed by atoms with Crippen LogP contribution >= 0.6 is 0 Å². The third-order valence-corrected chi connectivity index (χ3v) is 1.57. The second-order valence-corrected chi connectivity index (χ2v) is 2.52. The highest BCUT2D eigenvalue weighted by Gasteiger charge is 1.97. The lowest BCUT2D eigenvalue weighted by Crippen LogP contribution is -1.94. The molecule has 0 saturated heterocycles. The Morgan fingerprint density at radius 3 is 2.86 bits per heavy atom. The van der Waals surface area contributed by atoms with E-state index in [0.717, 1.165) is 11.8 Å². The van der Waals surface area contributed by atoms with E-state index in [1.807, 2.05) is 12.1 Å². The molecule has 0 aliphatic carbocycles. The Kier molecular flexibility index (Phi) is 3.55. The van der Waals surface area contributed by atoms with Crippen LogP contribution in [-0.4, -0.2) is 18.2 Å². The van der Waals surface area contributed by atoms with E-state index in [-0.39, 0.29) is 0 Å². The Hall–Kier alpha value is -1.97. The van der Waals surface area contributed by atoms with Crippen molar-refractivity contribution in [2.24, 2.45) is 0 Å². The summed E-state index contributed by atoms with van der Waals surface area (Å²) in [4.78, 5) is 10.2. The normalized spacial score (nSPS) is 10.1. The van der Waals surface area contributed by atoms with Gasteiger partial charge < -0.3 is 15.2 Å². The topological polar surface area (TPSA) is 58.6 Å². The number of carbonyl (C=O) groups is 1. The van der Waals surface area contributed by atoms with E-state index in [1.165, 1.54) is 6.20 Å². The summed E-state index contributed by atoms with van der Waals surface area (Å²) in [5.74, 6) is -0.324. The van der Waals surface area contributed by atoms with E-state index in [0.29, 0.717) is 5.75 Å². The van der Waals surface area contributed by atoms with Gasteiger partial charge in [0.25, 0.3) is 0 Å². The van der Waals surface area contributed by atoms with Crippen molar-refractivity contribution in [2.45, 2.75) is 0 Å². The van der Waals surface area contributed by atoms with Crippen molar-refractivity contribution >= 4 is 11.7 Å². The highest BCUT2D eigenvalue weighted by Crippen LogP contribution is 2.22. The molecule has 1 aromatic rings. The zero-order valence-corrected chi connectivity index (χ0v) is 7.73. The fourth-order valence-corrected chi connectivity index (χ4v) is 0.967. The minimum atomic E-state index is -0.993. The third-order valence-electron chi connectivity index (χ3n) is 1.57. The van der Waals surface area contributed by atoms with Gasteiger partial charge in [-0.3, -0.25) is 0 Å². The predicted octanol–water partition coefficient (Wildman–Crippen LogP) is 1.71. The molecule has 0 radical (unpaired) electrons. The lowest BCUT2D eigenvalue weighted by molar-refractivity contribution is -0.131. The monoisotopic (exact) mass is 193 g/mol. The van der Waals surface area contributed by atoms with Crippen molar-refractivity contribution < 1.29 is 14.6 Å². The fraction of sp³-hybridized carbons (Fsp3) is 0.100. The maximum absolute atomic E-state index is 10.2. The van der Waals surface area contributed by atoms with Crippen LogP contribution in [0.4, 0.5) is 5.69 Å². The fourth-order valence-electron chi connectivity index (χ4n) is 0.967. The van der Waals surface area contributed by atoms with E-state index in [9.17, 15) is 4.79 Å². The Morgan fingerprint density at radius 1 is 1.50 bits per heavy atom. The molecule has 0 atom stereocenters. The van der Waals surface area contributed by atoms with Crippen molar-refractivity contribution in [3.63, 3.8) is 0 Å². The first-order chi connectivity index (χ1) is 6.74. The van der Waals surface area contributed by atoms with Crippen molar-refractivity contribution in [1.82, 2.24) is 0 Å². The number of para-hydroxylation sites is 2. The summed E-state index contributed by atoms with van der Waals surface area (Å²) in [5, 5.41) is 11.2. The molecule has 0 saturated carbocycles. The maximum atomic E-state index is 10.2. The van der Waals surface area contributed by atoms with E-state index < -0.39 is 5.97 Å². The third kappa shape index (κ3) is 2.82. The molecule has 4 nitrogen and oxygen atoms in total. The number of carboxylic acid groups (broad SMARTS) is 1. The number of carboxylic acids is 1. The van der Waals surface area contributed by atoms with Gasteiger partial charge in [0.1, 0.15) is 5.75 Å². The molecular formula is C10H11NO3. The first-order valence-electron chi connectivity index (χ1n) is 4.03. The number of ether oxygens (including phenoxy) is 1. The van der Waals surface area contributed by atoms with Gasteiger partial charge in [0.05, 0.1) is 12.8 Å². The number of rotatable bonds is 4. The van der Waals surface area contributed by atoms with Gasteiger partial charge in [-0.05, 0) is 12.1 Å². The molecule has 1 aromatic carbocycles. The van der Waals surface area contributed by atoms with Gasteiger partial charge in [0.2, 0.25) is 0 Å². The molecule has 2 N–H and O–H groups in total. The molecule has 14 heavy (non-hydrogen) atoms. The Balaban J connectivity index is 2.71. The first kappa shape index (κ1) is 10.1. The smallest absolute Gasteiger partial charge is 0.329 e. The molecule has 0 spiro atoms. The van der Waals surface area contributed by atoms with E-state index in [1.54, 1.807) is 19.2 Å². The van der Waals surface area contributed by atoms with Crippen molar-refractivity contribution in [3.05, 3.63) is 36.5 Å². The van der Waals surface area contributed by atoms with E-state index in [4.69, 9.17) is 9.84 Å². The van der Waals surface area contributed by atoms with Crippen molar-refractivity contribution in [2.75, 3.05) is 12.4 Å². The molecule has 0 amide bonds. The van der Waals surface area contributed by atoms with E-state index in [2.05, 4.69) is 5.32 Å². The number of benzene rings is 1. The van der Waals surface area contributed by atoms with Crippen LogP contribution in [-0.2, 0) is 4.79 Å². The minimum Gasteiger partial charge on any atom is -0.495 e. The molecular weight excluding hydrogens is 182 g/mol. The van der Waals surface area contributed by atoms with Gasteiger partial charge in [-0.15, -0.1) is 0 Å². The van der Waals surface area contributed by atoms with Crippen LogP contribution in [0.5, 0.6) is 5.75 Å². The summed E-state index contributed by atoms with van der Waals surface area (Å²) >= 11 is 0. The summed E-state index contributed by atoms with van der Waals surface area (Å²) in [6.45, 7) is 0. The second-order valence-electron chi connectivity index (χ2n) is 2.52. The summed E-state index contributed by atoms with van der Waals surface area (Å²) < 4.78 is 5.06. The van der Waals surface area contributed by atoms with Crippen LogP contribution in [0.25, 0.3) is 0 Å². The van der Waals surface area contributed by atoms with Gasteiger partial charge >= 0.3 is 5.97 Å². The second kappa shape index (κ2) is 4.91. The minimum absolute atomic E-state index is 0.669.